The van der Waals surface area contributed by atoms with Crippen LogP contribution in [0, 0.1) is 0 Å². The van der Waals surface area contributed by atoms with Crippen LogP contribution >= 0.6 is 0 Å². The van der Waals surface area contributed by atoms with Gasteiger partial charge in [0.25, 0.3) is 5.91 Å². The van der Waals surface area contributed by atoms with E-state index >= 15 is 0 Å². The number of fused-ring (bicyclic) bond motifs is 1. The van der Waals surface area contributed by atoms with Crippen LogP contribution in [0.25, 0.3) is 0 Å². The predicted octanol–water partition coefficient (Wildman–Crippen LogP) is 0.787. The molecule has 0 atom stereocenters. The highest BCUT2D eigenvalue weighted by Gasteiger charge is 2.30. The molecule has 1 heterocycles. The monoisotopic (exact) mass is 265 g/mol. The van der Waals surface area contributed by atoms with E-state index in [0.717, 1.165) is 5.56 Å². The average Bonchev–Trinajstić information content (AvgIpc) is 2.40. The van der Waals surface area contributed by atoms with E-state index < -0.39 is 5.97 Å². The predicted molar refractivity (Wildman–Crippen MR) is 66.8 cm³/mol. The Labute approximate surface area is 110 Å². The fourth-order valence-corrected chi connectivity index (χ4v) is 2.24. The molecule has 0 radical (unpaired) electrons. The van der Waals surface area contributed by atoms with Gasteiger partial charge in [-0.1, -0.05) is 6.07 Å². The van der Waals surface area contributed by atoms with Gasteiger partial charge in [-0.2, -0.15) is 0 Å². The van der Waals surface area contributed by atoms with Crippen molar-refractivity contribution in [2.24, 2.45) is 0 Å². The van der Waals surface area contributed by atoms with E-state index in [9.17, 15) is 9.59 Å². The molecule has 0 fully saturated rings. The Morgan fingerprint density at radius 3 is 2.68 bits per heavy atom. The quantitative estimate of drug-likeness (QED) is 0.871. The Balaban J connectivity index is 2.45. The summed E-state index contributed by atoms with van der Waals surface area (Å²) in [5, 5.41) is 8.81. The molecular weight excluding hydrogens is 250 g/mol. The molecule has 0 aliphatic carbocycles. The molecule has 1 N–H and O–H groups in total. The van der Waals surface area contributed by atoms with Gasteiger partial charge in [-0.05, 0) is 18.1 Å². The Morgan fingerprint density at radius 1 is 1.37 bits per heavy atom. The van der Waals surface area contributed by atoms with Crippen molar-refractivity contribution in [3.05, 3.63) is 23.3 Å². The second kappa shape index (κ2) is 5.17. The number of carbonyl (C=O) groups is 2. The lowest BCUT2D eigenvalue weighted by Crippen LogP contribution is -2.41. The number of carbonyl (C=O) groups excluding carboxylic acids is 1. The van der Waals surface area contributed by atoms with Gasteiger partial charge in [0, 0.05) is 6.54 Å². The number of rotatable bonds is 4. The number of hydrogen-bond acceptors (Lipinski definition) is 4. The normalized spacial score (nSPS) is 14.0. The van der Waals surface area contributed by atoms with E-state index in [-0.39, 0.29) is 12.5 Å². The van der Waals surface area contributed by atoms with Crippen molar-refractivity contribution in [1.82, 2.24) is 4.90 Å². The number of carboxylic acid groups (broad SMARTS) is 1. The number of ether oxygens (including phenoxy) is 2. The molecule has 0 spiro atoms. The summed E-state index contributed by atoms with van der Waals surface area (Å²) in [4.78, 5) is 24.4. The molecule has 0 aromatic heterocycles. The number of methoxy groups -OCH3 is 2. The Kier molecular flexibility index (Phi) is 3.59. The van der Waals surface area contributed by atoms with Crippen LogP contribution in [-0.2, 0) is 11.2 Å². The maximum Gasteiger partial charge on any atom is 0.323 e. The van der Waals surface area contributed by atoms with E-state index in [1.807, 2.05) is 6.07 Å². The molecule has 1 aliphatic heterocycles. The first kappa shape index (κ1) is 13.2. The minimum atomic E-state index is -1.03. The lowest BCUT2D eigenvalue weighted by molar-refractivity contribution is -0.137. The minimum Gasteiger partial charge on any atom is -0.493 e. The van der Waals surface area contributed by atoms with Crippen molar-refractivity contribution in [2.45, 2.75) is 6.42 Å². The molecule has 2 rings (SSSR count). The van der Waals surface area contributed by atoms with Gasteiger partial charge in [-0.15, -0.1) is 0 Å². The second-order valence-electron chi connectivity index (χ2n) is 4.21. The van der Waals surface area contributed by atoms with Crippen LogP contribution in [0.5, 0.6) is 11.5 Å². The largest absolute Gasteiger partial charge is 0.493 e. The maximum atomic E-state index is 12.3. The van der Waals surface area contributed by atoms with Crippen molar-refractivity contribution in [2.75, 3.05) is 27.3 Å². The van der Waals surface area contributed by atoms with Gasteiger partial charge in [0.15, 0.2) is 11.5 Å². The minimum absolute atomic E-state index is 0.307. The molecule has 1 amide bonds. The summed E-state index contributed by atoms with van der Waals surface area (Å²) in [5.41, 5.74) is 1.25. The summed E-state index contributed by atoms with van der Waals surface area (Å²) in [6.07, 6.45) is 0.606. The van der Waals surface area contributed by atoms with Crippen LogP contribution in [-0.4, -0.2) is 49.2 Å². The lowest BCUT2D eigenvalue weighted by Gasteiger charge is -2.28. The van der Waals surface area contributed by atoms with Gasteiger partial charge in [0.05, 0.1) is 19.8 Å². The van der Waals surface area contributed by atoms with Crippen molar-refractivity contribution in [1.29, 1.82) is 0 Å². The summed E-state index contributed by atoms with van der Waals surface area (Å²) in [6.45, 7) is 0.0895. The first-order valence-corrected chi connectivity index (χ1v) is 5.83. The molecule has 0 saturated heterocycles. The Hall–Kier alpha value is -2.24. The summed E-state index contributed by atoms with van der Waals surface area (Å²) < 4.78 is 10.4. The summed E-state index contributed by atoms with van der Waals surface area (Å²) in [6, 6.07) is 3.56. The highest BCUT2D eigenvalue weighted by molar-refractivity contribution is 6.01. The second-order valence-corrected chi connectivity index (χ2v) is 4.21. The van der Waals surface area contributed by atoms with Gasteiger partial charge >= 0.3 is 5.97 Å². The van der Waals surface area contributed by atoms with Crippen LogP contribution in [0.15, 0.2) is 12.1 Å². The molecule has 1 aromatic rings. The van der Waals surface area contributed by atoms with Gasteiger partial charge in [0.1, 0.15) is 6.54 Å². The van der Waals surface area contributed by atoms with Crippen molar-refractivity contribution in [3.8, 4) is 11.5 Å². The average molecular weight is 265 g/mol. The molecule has 1 aromatic carbocycles. The lowest BCUT2D eigenvalue weighted by atomic mass is 9.97. The molecule has 6 heteroatoms. The topological polar surface area (TPSA) is 76.1 Å². The molecule has 1 aliphatic rings. The van der Waals surface area contributed by atoms with Crippen LogP contribution in [0.4, 0.5) is 0 Å². The van der Waals surface area contributed by atoms with E-state index in [2.05, 4.69) is 0 Å². The number of aliphatic carboxylic acids is 1. The number of hydrogen-bond donors (Lipinski definition) is 1. The standard InChI is InChI=1S/C13H15NO5/c1-18-9-4-3-8-5-6-14(7-10(15)16)13(17)11(8)12(9)19-2/h3-4H,5-7H2,1-2H3,(H,15,16). The molecule has 0 saturated carbocycles. The van der Waals surface area contributed by atoms with Crippen LogP contribution in [0.1, 0.15) is 15.9 Å². The zero-order chi connectivity index (χ0) is 14.0. The molecule has 6 nitrogen and oxygen atoms in total. The van der Waals surface area contributed by atoms with Gasteiger partial charge in [-0.25, -0.2) is 0 Å². The van der Waals surface area contributed by atoms with Crippen LogP contribution in [0.3, 0.4) is 0 Å². The number of benzene rings is 1. The van der Waals surface area contributed by atoms with Gasteiger partial charge < -0.3 is 19.5 Å². The third-order valence-electron chi connectivity index (χ3n) is 3.11. The fraction of sp³-hybridized carbons (Fsp3) is 0.385. The first-order valence-electron chi connectivity index (χ1n) is 5.83. The molecule has 0 unspecified atom stereocenters. The summed E-state index contributed by atoms with van der Waals surface area (Å²) in [7, 11) is 2.95. The molecule has 0 bridgehead atoms. The SMILES string of the molecule is COc1ccc2c(c1OC)C(=O)N(CC(=O)O)CC2. The molecule has 102 valence electrons. The Morgan fingerprint density at radius 2 is 2.11 bits per heavy atom. The molecule has 19 heavy (non-hydrogen) atoms. The summed E-state index contributed by atoms with van der Waals surface area (Å²) >= 11 is 0. The van der Waals surface area contributed by atoms with Crippen LogP contribution < -0.4 is 9.47 Å². The molecular formula is C13H15NO5. The Bertz CT molecular complexity index is 526. The van der Waals surface area contributed by atoms with E-state index in [0.29, 0.717) is 30.0 Å². The highest BCUT2D eigenvalue weighted by atomic mass is 16.5. The zero-order valence-electron chi connectivity index (χ0n) is 10.8. The van der Waals surface area contributed by atoms with Gasteiger partial charge in [-0.3, -0.25) is 9.59 Å². The van der Waals surface area contributed by atoms with Crippen LogP contribution in [0.2, 0.25) is 0 Å². The van der Waals surface area contributed by atoms with E-state index in [1.165, 1.54) is 19.1 Å². The summed E-state index contributed by atoms with van der Waals surface area (Å²) in [5.74, 6) is -0.537. The smallest absolute Gasteiger partial charge is 0.323 e. The van der Waals surface area contributed by atoms with Crippen molar-refractivity contribution >= 4 is 11.9 Å². The first-order chi connectivity index (χ1) is 9.08. The van der Waals surface area contributed by atoms with Crippen molar-refractivity contribution < 1.29 is 24.2 Å². The zero-order valence-corrected chi connectivity index (χ0v) is 10.8. The highest BCUT2D eigenvalue weighted by Crippen LogP contribution is 2.36. The third-order valence-corrected chi connectivity index (χ3v) is 3.11. The van der Waals surface area contributed by atoms with Gasteiger partial charge in [0.2, 0.25) is 0 Å². The number of nitrogens with zero attached hydrogens (tertiary/aromatic N) is 1. The van der Waals surface area contributed by atoms with E-state index in [4.69, 9.17) is 14.6 Å². The van der Waals surface area contributed by atoms with Crippen molar-refractivity contribution in [3.63, 3.8) is 0 Å². The fourth-order valence-electron chi connectivity index (χ4n) is 2.24. The van der Waals surface area contributed by atoms with E-state index in [1.54, 1.807) is 6.07 Å². The maximum absolute atomic E-state index is 12.3. The number of amides is 1. The third kappa shape index (κ3) is 2.33. The number of carboxylic acids is 1.